The molecule has 1 nitrogen and oxygen atoms in total. The van der Waals surface area contributed by atoms with Gasteiger partial charge in [-0.3, -0.25) is 4.79 Å². The summed E-state index contributed by atoms with van der Waals surface area (Å²) in [5.41, 5.74) is 3.21. The van der Waals surface area contributed by atoms with Crippen molar-refractivity contribution in [1.29, 1.82) is 0 Å². The van der Waals surface area contributed by atoms with Crippen molar-refractivity contribution < 1.29 is 4.79 Å². The summed E-state index contributed by atoms with van der Waals surface area (Å²) < 4.78 is 0. The second-order valence-electron chi connectivity index (χ2n) is 5.25. The van der Waals surface area contributed by atoms with Gasteiger partial charge in [-0.2, -0.15) is 0 Å². The van der Waals surface area contributed by atoms with Gasteiger partial charge in [-0.25, -0.2) is 0 Å². The molecule has 0 aromatic heterocycles. The van der Waals surface area contributed by atoms with Crippen LogP contribution in [0.4, 0.5) is 0 Å². The smallest absolute Gasteiger partial charge is 0.173 e. The van der Waals surface area contributed by atoms with E-state index in [2.05, 4.69) is 38.1 Å². The lowest BCUT2D eigenvalue weighted by molar-refractivity contribution is 0.102. The fourth-order valence-corrected chi connectivity index (χ4v) is 2.84. The van der Waals surface area contributed by atoms with Crippen LogP contribution in [0.25, 0.3) is 0 Å². The largest absolute Gasteiger partial charge is 0.293 e. The van der Waals surface area contributed by atoms with Gasteiger partial charge in [-0.05, 0) is 36.1 Å². The molecule has 2 rings (SSSR count). The highest BCUT2D eigenvalue weighted by atomic mass is 32.2. The Bertz CT molecular complexity index is 585. The molecule has 0 N–H and O–H groups in total. The summed E-state index contributed by atoms with van der Waals surface area (Å²) in [7, 11) is 0. The lowest BCUT2D eigenvalue weighted by atomic mass is 10.0. The summed E-state index contributed by atoms with van der Waals surface area (Å²) >= 11 is 1.60. The van der Waals surface area contributed by atoms with Crippen molar-refractivity contribution in [2.24, 2.45) is 0 Å². The van der Waals surface area contributed by atoms with E-state index in [9.17, 15) is 4.79 Å². The van der Waals surface area contributed by atoms with Crippen LogP contribution >= 0.6 is 11.8 Å². The number of carbonyl (C=O) groups is 1. The second-order valence-corrected chi connectivity index (χ2v) is 6.30. The van der Waals surface area contributed by atoms with Gasteiger partial charge in [0.15, 0.2) is 5.78 Å². The van der Waals surface area contributed by atoms with E-state index in [1.807, 2.05) is 31.2 Å². The minimum Gasteiger partial charge on any atom is -0.293 e. The standard InChI is InChI=1S/C18H20OS/c1-13(2)15-8-10-16(11-9-15)20-12-18(19)17-7-5-4-6-14(17)3/h4-11,13H,12H2,1-3H3. The molecule has 20 heavy (non-hydrogen) atoms. The number of hydrogen-bond donors (Lipinski definition) is 0. The Morgan fingerprint density at radius 1 is 1.05 bits per heavy atom. The van der Waals surface area contributed by atoms with Gasteiger partial charge in [0.2, 0.25) is 0 Å². The third kappa shape index (κ3) is 3.73. The molecule has 0 radical (unpaired) electrons. The predicted octanol–water partition coefficient (Wildman–Crippen LogP) is 5.09. The quantitative estimate of drug-likeness (QED) is 0.561. The number of Topliss-reactive ketones (excluding diaryl/α,β-unsaturated/α-hetero) is 1. The number of carbonyl (C=O) groups excluding carboxylic acids is 1. The fraction of sp³-hybridized carbons (Fsp3) is 0.278. The maximum Gasteiger partial charge on any atom is 0.173 e. The van der Waals surface area contributed by atoms with Gasteiger partial charge in [0.1, 0.15) is 0 Å². The molecule has 0 aliphatic carbocycles. The molecule has 0 aliphatic rings. The highest BCUT2D eigenvalue weighted by Gasteiger charge is 2.09. The first kappa shape index (κ1) is 14.9. The van der Waals surface area contributed by atoms with Crippen LogP contribution in [-0.4, -0.2) is 11.5 Å². The Kier molecular flexibility index (Phi) is 5.02. The van der Waals surface area contributed by atoms with Crippen molar-refractivity contribution >= 4 is 17.5 Å². The van der Waals surface area contributed by atoms with Crippen LogP contribution < -0.4 is 0 Å². The van der Waals surface area contributed by atoms with Gasteiger partial charge >= 0.3 is 0 Å². The Morgan fingerprint density at radius 2 is 1.70 bits per heavy atom. The summed E-state index contributed by atoms with van der Waals surface area (Å²) in [6.45, 7) is 6.35. The molecule has 0 saturated carbocycles. The number of hydrogen-bond acceptors (Lipinski definition) is 2. The maximum absolute atomic E-state index is 12.2. The van der Waals surface area contributed by atoms with E-state index < -0.39 is 0 Å². The van der Waals surface area contributed by atoms with E-state index >= 15 is 0 Å². The second kappa shape index (κ2) is 6.76. The van der Waals surface area contributed by atoms with Gasteiger partial charge in [-0.15, -0.1) is 11.8 Å². The first-order chi connectivity index (χ1) is 9.58. The zero-order valence-electron chi connectivity index (χ0n) is 12.2. The monoisotopic (exact) mass is 284 g/mol. The average Bonchev–Trinajstić information content (AvgIpc) is 2.45. The molecule has 0 amide bonds. The van der Waals surface area contributed by atoms with E-state index in [-0.39, 0.29) is 5.78 Å². The van der Waals surface area contributed by atoms with Crippen molar-refractivity contribution in [3.63, 3.8) is 0 Å². The molecule has 0 heterocycles. The Labute approximate surface area is 125 Å². The molecule has 0 atom stereocenters. The fourth-order valence-electron chi connectivity index (χ4n) is 2.06. The van der Waals surface area contributed by atoms with Crippen molar-refractivity contribution in [2.75, 3.05) is 5.75 Å². The van der Waals surface area contributed by atoms with Crippen molar-refractivity contribution in [3.8, 4) is 0 Å². The molecule has 2 aromatic carbocycles. The van der Waals surface area contributed by atoms with Crippen molar-refractivity contribution in [2.45, 2.75) is 31.6 Å². The van der Waals surface area contributed by atoms with Crippen molar-refractivity contribution in [1.82, 2.24) is 0 Å². The van der Waals surface area contributed by atoms with Gasteiger partial charge < -0.3 is 0 Å². The number of ketones is 1. The summed E-state index contributed by atoms with van der Waals surface area (Å²) in [4.78, 5) is 13.3. The molecule has 0 unspecified atom stereocenters. The molecule has 0 bridgehead atoms. The number of benzene rings is 2. The van der Waals surface area contributed by atoms with E-state index in [4.69, 9.17) is 0 Å². The molecule has 0 fully saturated rings. The van der Waals surface area contributed by atoms with Gasteiger partial charge in [0.05, 0.1) is 5.75 Å². The SMILES string of the molecule is Cc1ccccc1C(=O)CSc1ccc(C(C)C)cc1. The Balaban J connectivity index is 1.98. The van der Waals surface area contributed by atoms with Gasteiger partial charge in [0, 0.05) is 10.5 Å². The zero-order valence-corrected chi connectivity index (χ0v) is 13.0. The highest BCUT2D eigenvalue weighted by molar-refractivity contribution is 8.00. The van der Waals surface area contributed by atoms with Crippen LogP contribution in [0.1, 0.15) is 41.3 Å². The third-order valence-corrected chi connectivity index (χ3v) is 4.37. The summed E-state index contributed by atoms with van der Waals surface area (Å²) in [6.07, 6.45) is 0. The minimum atomic E-state index is 0.195. The lowest BCUT2D eigenvalue weighted by Gasteiger charge is -2.07. The summed E-state index contributed by atoms with van der Waals surface area (Å²) in [5.74, 6) is 1.23. The number of thioether (sulfide) groups is 1. The molecule has 0 spiro atoms. The third-order valence-electron chi connectivity index (χ3n) is 3.36. The molecule has 104 valence electrons. The predicted molar refractivity (Wildman–Crippen MR) is 86.8 cm³/mol. The number of rotatable bonds is 5. The topological polar surface area (TPSA) is 17.1 Å². The van der Waals surface area contributed by atoms with Gasteiger partial charge in [0.25, 0.3) is 0 Å². The van der Waals surface area contributed by atoms with Crippen molar-refractivity contribution in [3.05, 3.63) is 65.2 Å². The Hall–Kier alpha value is -1.54. The van der Waals surface area contributed by atoms with Crippen LogP contribution in [0.2, 0.25) is 0 Å². The molecule has 2 heteroatoms. The molecule has 0 aliphatic heterocycles. The average molecular weight is 284 g/mol. The first-order valence-corrected chi connectivity index (χ1v) is 7.88. The van der Waals surface area contributed by atoms with E-state index in [1.165, 1.54) is 5.56 Å². The van der Waals surface area contributed by atoms with Crippen LogP contribution in [0, 0.1) is 6.92 Å². The Morgan fingerprint density at radius 3 is 2.30 bits per heavy atom. The normalized spacial score (nSPS) is 10.8. The molecule has 0 saturated heterocycles. The summed E-state index contributed by atoms with van der Waals surface area (Å²) in [6, 6.07) is 16.3. The summed E-state index contributed by atoms with van der Waals surface area (Å²) in [5, 5.41) is 0. The molecular formula is C18H20OS. The lowest BCUT2D eigenvalue weighted by Crippen LogP contribution is -2.04. The minimum absolute atomic E-state index is 0.195. The van der Waals surface area contributed by atoms with Crippen LogP contribution in [0.5, 0.6) is 0 Å². The van der Waals surface area contributed by atoms with Crippen LogP contribution in [0.3, 0.4) is 0 Å². The van der Waals surface area contributed by atoms with E-state index in [0.717, 1.165) is 16.0 Å². The van der Waals surface area contributed by atoms with E-state index in [1.54, 1.807) is 11.8 Å². The highest BCUT2D eigenvalue weighted by Crippen LogP contribution is 2.23. The van der Waals surface area contributed by atoms with E-state index in [0.29, 0.717) is 11.7 Å². The maximum atomic E-state index is 12.2. The zero-order chi connectivity index (χ0) is 14.5. The first-order valence-electron chi connectivity index (χ1n) is 6.89. The van der Waals surface area contributed by atoms with Crippen LogP contribution in [-0.2, 0) is 0 Å². The number of aryl methyl sites for hydroxylation is 1. The van der Waals surface area contributed by atoms with Crippen LogP contribution in [0.15, 0.2) is 53.4 Å². The molecule has 2 aromatic rings. The molecular weight excluding hydrogens is 264 g/mol. The van der Waals surface area contributed by atoms with Gasteiger partial charge in [-0.1, -0.05) is 50.2 Å².